The van der Waals surface area contributed by atoms with E-state index in [1.54, 1.807) is 12.1 Å². The molecule has 0 saturated heterocycles. The number of nitrogens with zero attached hydrogens (tertiary/aromatic N) is 2. The van der Waals surface area contributed by atoms with Crippen LogP contribution in [0.2, 0.25) is 5.02 Å². The summed E-state index contributed by atoms with van der Waals surface area (Å²) in [6.45, 7) is 0. The van der Waals surface area contributed by atoms with Crippen molar-refractivity contribution in [2.24, 2.45) is 0 Å². The van der Waals surface area contributed by atoms with E-state index in [1.165, 1.54) is 30.2 Å². The van der Waals surface area contributed by atoms with E-state index in [2.05, 4.69) is 15.5 Å². The third kappa shape index (κ3) is 4.72. The topological polar surface area (TPSA) is 64.1 Å². The van der Waals surface area contributed by atoms with Crippen LogP contribution in [0.4, 0.5) is 10.8 Å². The number of aromatic nitrogens is 2. The Balaban J connectivity index is 1.75. The summed E-state index contributed by atoms with van der Waals surface area (Å²) in [6.07, 6.45) is 0. The number of hydrogen-bond donors (Lipinski definition) is 1. The summed E-state index contributed by atoms with van der Waals surface area (Å²) in [5.74, 6) is -0.323. The Morgan fingerprint density at radius 3 is 2.72 bits per heavy atom. The fourth-order valence-electron chi connectivity index (χ4n) is 2.09. The summed E-state index contributed by atoms with van der Waals surface area (Å²) in [6, 6.07) is 16.8. The third-order valence-electron chi connectivity index (χ3n) is 3.22. The molecule has 1 heterocycles. The molecule has 0 amide bonds. The van der Waals surface area contributed by atoms with Crippen LogP contribution in [-0.4, -0.2) is 23.3 Å². The first-order valence-corrected chi connectivity index (χ1v) is 9.38. The van der Waals surface area contributed by atoms with Crippen LogP contribution >= 0.6 is 34.7 Å². The number of benzene rings is 2. The number of anilines is 2. The first kappa shape index (κ1) is 17.7. The van der Waals surface area contributed by atoms with Crippen molar-refractivity contribution in [1.29, 1.82) is 0 Å². The minimum absolute atomic E-state index is 0.323. The number of rotatable bonds is 6. The van der Waals surface area contributed by atoms with Crippen LogP contribution < -0.4 is 5.32 Å². The zero-order valence-electron chi connectivity index (χ0n) is 13.2. The average Bonchev–Trinajstić information content (AvgIpc) is 3.07. The molecule has 5 nitrogen and oxygen atoms in total. The maximum absolute atomic E-state index is 12.1. The van der Waals surface area contributed by atoms with E-state index in [4.69, 9.17) is 16.3 Å². The number of hydrogen-bond acceptors (Lipinski definition) is 7. The molecule has 0 fully saturated rings. The van der Waals surface area contributed by atoms with Crippen molar-refractivity contribution in [3.05, 3.63) is 65.2 Å². The highest BCUT2D eigenvalue weighted by Crippen LogP contribution is 2.39. The zero-order chi connectivity index (χ0) is 17.6. The molecule has 1 N–H and O–H groups in total. The highest BCUT2D eigenvalue weighted by Gasteiger charge is 2.24. The Bertz CT molecular complexity index is 858. The minimum atomic E-state index is -0.488. The lowest BCUT2D eigenvalue weighted by molar-refractivity contribution is -0.140. The lowest BCUT2D eigenvalue weighted by Crippen LogP contribution is -2.10. The molecule has 3 aromatic rings. The number of nitrogens with one attached hydrogen (secondary N) is 1. The second-order valence-electron chi connectivity index (χ2n) is 4.94. The molecular weight excluding hydrogens is 378 g/mol. The van der Waals surface area contributed by atoms with Gasteiger partial charge in [-0.1, -0.05) is 71.1 Å². The highest BCUT2D eigenvalue weighted by atomic mass is 35.5. The van der Waals surface area contributed by atoms with Gasteiger partial charge < -0.3 is 10.1 Å². The molecule has 1 atom stereocenters. The molecule has 2 aromatic carbocycles. The molecule has 0 saturated carbocycles. The highest BCUT2D eigenvalue weighted by molar-refractivity contribution is 8.01. The van der Waals surface area contributed by atoms with Crippen LogP contribution in [0.5, 0.6) is 0 Å². The standard InChI is InChI=1S/C17H14ClN3O2S2/c1-23-15(22)14(11-6-3-2-4-7-11)24-17-21-20-16(25-17)19-13-9-5-8-12(18)10-13/h2-10,14H,1H3,(H,19,20)/t14-/m1/s1. The third-order valence-corrected chi connectivity index (χ3v) is 5.61. The van der Waals surface area contributed by atoms with Gasteiger partial charge in [-0.3, -0.25) is 4.79 Å². The lowest BCUT2D eigenvalue weighted by atomic mass is 10.1. The largest absolute Gasteiger partial charge is 0.468 e. The predicted octanol–water partition coefficient (Wildman–Crippen LogP) is 4.94. The first-order chi connectivity index (χ1) is 12.2. The fourth-order valence-corrected chi connectivity index (χ4v) is 4.27. The van der Waals surface area contributed by atoms with Crippen molar-refractivity contribution in [2.75, 3.05) is 12.4 Å². The molecule has 0 aliphatic rings. The number of thioether (sulfide) groups is 1. The van der Waals surface area contributed by atoms with E-state index < -0.39 is 5.25 Å². The smallest absolute Gasteiger partial charge is 0.323 e. The molecule has 3 rings (SSSR count). The summed E-state index contributed by atoms with van der Waals surface area (Å²) in [4.78, 5) is 12.1. The SMILES string of the molecule is COC(=O)[C@H](Sc1nnc(Nc2cccc(Cl)c2)s1)c1ccccc1. The van der Waals surface area contributed by atoms with Crippen molar-refractivity contribution >= 4 is 51.5 Å². The Kier molecular flexibility index (Phi) is 5.91. The Morgan fingerprint density at radius 1 is 1.20 bits per heavy atom. The maximum Gasteiger partial charge on any atom is 0.323 e. The van der Waals surface area contributed by atoms with Crippen LogP contribution in [0, 0.1) is 0 Å². The molecule has 1 aromatic heterocycles. The van der Waals surface area contributed by atoms with Crippen LogP contribution in [0.25, 0.3) is 0 Å². The number of halogens is 1. The van der Waals surface area contributed by atoms with Gasteiger partial charge in [0.25, 0.3) is 0 Å². The van der Waals surface area contributed by atoms with Crippen LogP contribution in [0.3, 0.4) is 0 Å². The van der Waals surface area contributed by atoms with E-state index in [-0.39, 0.29) is 5.97 Å². The lowest BCUT2D eigenvalue weighted by Gasteiger charge is -2.12. The quantitative estimate of drug-likeness (QED) is 0.474. The van der Waals surface area contributed by atoms with E-state index in [1.807, 2.05) is 42.5 Å². The summed E-state index contributed by atoms with van der Waals surface area (Å²) in [7, 11) is 1.38. The first-order valence-electron chi connectivity index (χ1n) is 7.31. The number of carbonyl (C=O) groups excluding carboxylic acids is 1. The second-order valence-corrected chi connectivity index (χ2v) is 7.71. The zero-order valence-corrected chi connectivity index (χ0v) is 15.6. The fraction of sp³-hybridized carbons (Fsp3) is 0.118. The molecule has 0 radical (unpaired) electrons. The number of esters is 1. The van der Waals surface area contributed by atoms with Gasteiger partial charge in [-0.25, -0.2) is 0 Å². The average molecular weight is 392 g/mol. The van der Waals surface area contributed by atoms with Gasteiger partial charge in [-0.05, 0) is 23.8 Å². The van der Waals surface area contributed by atoms with E-state index >= 15 is 0 Å². The summed E-state index contributed by atoms with van der Waals surface area (Å²) < 4.78 is 5.59. The Morgan fingerprint density at radius 2 is 2.00 bits per heavy atom. The van der Waals surface area contributed by atoms with Gasteiger partial charge in [0, 0.05) is 10.7 Å². The number of methoxy groups -OCH3 is 1. The monoisotopic (exact) mass is 391 g/mol. The van der Waals surface area contributed by atoms with Crippen LogP contribution in [-0.2, 0) is 9.53 Å². The molecule has 0 aliphatic carbocycles. The molecular formula is C17H14ClN3O2S2. The summed E-state index contributed by atoms with van der Waals surface area (Å²) in [5.41, 5.74) is 1.69. The minimum Gasteiger partial charge on any atom is -0.468 e. The van der Waals surface area contributed by atoms with Crippen molar-refractivity contribution in [3.8, 4) is 0 Å². The predicted molar refractivity (Wildman–Crippen MR) is 102 cm³/mol. The van der Waals surface area contributed by atoms with Gasteiger partial charge in [-0.15, -0.1) is 10.2 Å². The van der Waals surface area contributed by atoms with Crippen LogP contribution in [0.15, 0.2) is 58.9 Å². The summed E-state index contributed by atoms with van der Waals surface area (Å²) >= 11 is 8.65. The molecule has 8 heteroatoms. The molecule has 128 valence electrons. The van der Waals surface area contributed by atoms with Crippen molar-refractivity contribution in [1.82, 2.24) is 10.2 Å². The number of carbonyl (C=O) groups is 1. The van der Waals surface area contributed by atoms with E-state index in [0.29, 0.717) is 14.5 Å². The van der Waals surface area contributed by atoms with Gasteiger partial charge in [0.2, 0.25) is 5.13 Å². The van der Waals surface area contributed by atoms with Crippen molar-refractivity contribution in [3.63, 3.8) is 0 Å². The Hall–Kier alpha value is -2.09. The normalized spacial score (nSPS) is 11.8. The molecule has 0 spiro atoms. The van der Waals surface area contributed by atoms with E-state index in [9.17, 15) is 4.79 Å². The Labute approximate surface area is 158 Å². The van der Waals surface area contributed by atoms with Gasteiger partial charge >= 0.3 is 5.97 Å². The van der Waals surface area contributed by atoms with Gasteiger partial charge in [-0.2, -0.15) is 0 Å². The number of ether oxygens (including phenoxy) is 1. The van der Waals surface area contributed by atoms with Gasteiger partial charge in [0.15, 0.2) is 4.34 Å². The van der Waals surface area contributed by atoms with Crippen LogP contribution in [0.1, 0.15) is 10.8 Å². The van der Waals surface area contributed by atoms with E-state index in [0.717, 1.165) is 11.3 Å². The molecule has 0 unspecified atom stereocenters. The van der Waals surface area contributed by atoms with Gasteiger partial charge in [0.1, 0.15) is 5.25 Å². The van der Waals surface area contributed by atoms with Crippen molar-refractivity contribution in [2.45, 2.75) is 9.59 Å². The second kappa shape index (κ2) is 8.33. The molecule has 25 heavy (non-hydrogen) atoms. The van der Waals surface area contributed by atoms with Crippen molar-refractivity contribution < 1.29 is 9.53 Å². The summed E-state index contributed by atoms with van der Waals surface area (Å²) in [5, 5.41) is 12.2. The molecule has 0 bridgehead atoms. The maximum atomic E-state index is 12.1. The molecule has 0 aliphatic heterocycles. The van der Waals surface area contributed by atoms with Gasteiger partial charge in [0.05, 0.1) is 7.11 Å².